The molecule has 0 aliphatic heterocycles. The van der Waals surface area contributed by atoms with Gasteiger partial charge in [-0.1, -0.05) is 25.5 Å². The Morgan fingerprint density at radius 2 is 1.90 bits per heavy atom. The van der Waals surface area contributed by atoms with Crippen molar-refractivity contribution in [1.82, 2.24) is 9.88 Å². The van der Waals surface area contributed by atoms with Gasteiger partial charge in [-0.25, -0.2) is 4.98 Å². The lowest BCUT2D eigenvalue weighted by Crippen LogP contribution is -2.39. The third kappa shape index (κ3) is 7.25. The van der Waals surface area contributed by atoms with Gasteiger partial charge in [0.1, 0.15) is 6.54 Å². The first-order valence-electron chi connectivity index (χ1n) is 10.1. The van der Waals surface area contributed by atoms with Crippen LogP contribution in [0.15, 0.2) is 24.3 Å². The standard InChI is InChI=1S/C22H31N3O3S/c1-5-6-8-18-9-11-19(12-10-18)21(27)25(13-7-14-28-4)15-20(26)24-22-23-16(2)17(3)29-22/h9-12H,5-8,13-15H2,1-4H3,(H,23,24,26). The molecule has 1 N–H and O–H groups in total. The molecule has 0 saturated heterocycles. The fraction of sp³-hybridized carbons (Fsp3) is 0.500. The number of amides is 2. The van der Waals surface area contributed by atoms with Crippen molar-refractivity contribution in [3.63, 3.8) is 0 Å². The Kier molecular flexibility index (Phi) is 9.28. The lowest BCUT2D eigenvalue weighted by atomic mass is 10.1. The van der Waals surface area contributed by atoms with Crippen LogP contribution in [0.5, 0.6) is 0 Å². The van der Waals surface area contributed by atoms with Crippen LogP contribution in [0.25, 0.3) is 0 Å². The van der Waals surface area contributed by atoms with Gasteiger partial charge in [0.25, 0.3) is 5.91 Å². The summed E-state index contributed by atoms with van der Waals surface area (Å²) in [5.41, 5.74) is 2.72. The number of hydrogen-bond acceptors (Lipinski definition) is 5. The number of methoxy groups -OCH3 is 1. The van der Waals surface area contributed by atoms with E-state index in [0.717, 1.165) is 29.8 Å². The monoisotopic (exact) mass is 417 g/mol. The van der Waals surface area contributed by atoms with Gasteiger partial charge in [0.05, 0.1) is 5.69 Å². The number of anilines is 1. The molecule has 29 heavy (non-hydrogen) atoms. The van der Waals surface area contributed by atoms with Crippen molar-refractivity contribution in [2.75, 3.05) is 32.1 Å². The first-order valence-corrected chi connectivity index (χ1v) is 10.9. The van der Waals surface area contributed by atoms with E-state index >= 15 is 0 Å². The summed E-state index contributed by atoms with van der Waals surface area (Å²) in [6.07, 6.45) is 3.95. The van der Waals surface area contributed by atoms with Crippen LogP contribution in [0, 0.1) is 13.8 Å². The Morgan fingerprint density at radius 3 is 2.48 bits per heavy atom. The van der Waals surface area contributed by atoms with Crippen LogP contribution in [-0.4, -0.2) is 48.5 Å². The normalized spacial score (nSPS) is 10.8. The fourth-order valence-corrected chi connectivity index (χ4v) is 3.72. The first-order chi connectivity index (χ1) is 13.9. The van der Waals surface area contributed by atoms with E-state index in [2.05, 4.69) is 17.2 Å². The summed E-state index contributed by atoms with van der Waals surface area (Å²) in [7, 11) is 1.63. The lowest BCUT2D eigenvalue weighted by molar-refractivity contribution is -0.116. The summed E-state index contributed by atoms with van der Waals surface area (Å²) in [4.78, 5) is 32.5. The number of aromatic nitrogens is 1. The number of rotatable bonds is 11. The highest BCUT2D eigenvalue weighted by atomic mass is 32.1. The van der Waals surface area contributed by atoms with E-state index in [4.69, 9.17) is 4.74 Å². The maximum Gasteiger partial charge on any atom is 0.254 e. The van der Waals surface area contributed by atoms with Crippen molar-refractivity contribution in [2.24, 2.45) is 0 Å². The van der Waals surface area contributed by atoms with Crippen LogP contribution in [0.4, 0.5) is 5.13 Å². The van der Waals surface area contributed by atoms with Gasteiger partial charge in [-0.05, 0) is 50.8 Å². The summed E-state index contributed by atoms with van der Waals surface area (Å²) in [6.45, 7) is 7.01. The maximum absolute atomic E-state index is 13.0. The third-order valence-corrected chi connectivity index (χ3v) is 5.68. The fourth-order valence-electron chi connectivity index (χ4n) is 2.89. The van der Waals surface area contributed by atoms with E-state index < -0.39 is 0 Å². The van der Waals surface area contributed by atoms with E-state index in [-0.39, 0.29) is 18.4 Å². The van der Waals surface area contributed by atoms with Crippen molar-refractivity contribution in [1.29, 1.82) is 0 Å². The Labute approximate surface area is 177 Å². The Balaban J connectivity index is 2.05. The minimum atomic E-state index is -0.246. The summed E-state index contributed by atoms with van der Waals surface area (Å²) in [5.74, 6) is -0.395. The van der Waals surface area contributed by atoms with Gasteiger partial charge in [-0.15, -0.1) is 11.3 Å². The SMILES string of the molecule is CCCCc1ccc(C(=O)N(CCCOC)CC(=O)Nc2nc(C)c(C)s2)cc1. The van der Waals surface area contributed by atoms with Crippen LogP contribution in [0.3, 0.4) is 0 Å². The highest BCUT2D eigenvalue weighted by Crippen LogP contribution is 2.21. The molecule has 0 radical (unpaired) electrons. The molecular formula is C22H31N3O3S. The number of thiazole rings is 1. The van der Waals surface area contributed by atoms with Crippen LogP contribution < -0.4 is 5.32 Å². The first kappa shape index (κ1) is 23.0. The number of nitrogens with one attached hydrogen (secondary N) is 1. The summed E-state index contributed by atoms with van der Waals surface area (Å²) in [5, 5.41) is 3.37. The van der Waals surface area contributed by atoms with Crippen LogP contribution in [0.2, 0.25) is 0 Å². The Bertz CT molecular complexity index is 783. The summed E-state index contributed by atoms with van der Waals surface area (Å²) in [6, 6.07) is 7.69. The number of carbonyl (C=O) groups excluding carboxylic acids is 2. The largest absolute Gasteiger partial charge is 0.385 e. The van der Waals surface area contributed by atoms with Gasteiger partial charge in [-0.3, -0.25) is 9.59 Å². The Morgan fingerprint density at radius 1 is 1.17 bits per heavy atom. The average molecular weight is 418 g/mol. The smallest absolute Gasteiger partial charge is 0.254 e. The van der Waals surface area contributed by atoms with Gasteiger partial charge in [0.15, 0.2) is 5.13 Å². The van der Waals surface area contributed by atoms with Crippen LogP contribution in [-0.2, 0) is 16.0 Å². The molecule has 1 aromatic carbocycles. The quantitative estimate of drug-likeness (QED) is 0.556. The van der Waals surface area contributed by atoms with Crippen molar-refractivity contribution in [3.8, 4) is 0 Å². The van der Waals surface area contributed by atoms with Gasteiger partial charge in [0.2, 0.25) is 5.91 Å². The molecule has 0 fully saturated rings. The molecule has 2 aromatic rings. The zero-order valence-corrected chi connectivity index (χ0v) is 18.6. The molecule has 0 aliphatic rings. The number of unbranched alkanes of at least 4 members (excludes halogenated alkanes) is 1. The minimum absolute atomic E-state index is 0.0161. The molecule has 158 valence electrons. The van der Waals surface area contributed by atoms with Gasteiger partial charge < -0.3 is 15.0 Å². The topological polar surface area (TPSA) is 71.5 Å². The number of nitrogens with zero attached hydrogens (tertiary/aromatic N) is 2. The number of carbonyl (C=O) groups is 2. The number of ether oxygens (including phenoxy) is 1. The maximum atomic E-state index is 13.0. The highest BCUT2D eigenvalue weighted by molar-refractivity contribution is 7.15. The number of hydrogen-bond donors (Lipinski definition) is 1. The zero-order valence-electron chi connectivity index (χ0n) is 17.8. The Hall–Kier alpha value is -2.25. The highest BCUT2D eigenvalue weighted by Gasteiger charge is 2.19. The molecule has 2 amide bonds. The second kappa shape index (κ2) is 11.7. The van der Waals surface area contributed by atoms with E-state index in [9.17, 15) is 9.59 Å². The molecule has 7 heteroatoms. The molecule has 6 nitrogen and oxygen atoms in total. The predicted octanol–water partition coefficient (Wildman–Crippen LogP) is 4.22. The van der Waals surface area contributed by atoms with Gasteiger partial charge in [-0.2, -0.15) is 0 Å². The number of aryl methyl sites for hydroxylation is 3. The van der Waals surface area contributed by atoms with E-state index in [1.54, 1.807) is 12.0 Å². The summed E-state index contributed by atoms with van der Waals surface area (Å²) >= 11 is 1.44. The van der Waals surface area contributed by atoms with E-state index in [0.29, 0.717) is 30.3 Å². The molecule has 0 spiro atoms. The second-order valence-corrected chi connectivity index (χ2v) is 8.29. The number of benzene rings is 1. The van der Waals surface area contributed by atoms with Crippen molar-refractivity contribution < 1.29 is 14.3 Å². The molecule has 0 unspecified atom stereocenters. The van der Waals surface area contributed by atoms with Crippen molar-refractivity contribution in [3.05, 3.63) is 46.0 Å². The molecular weight excluding hydrogens is 386 g/mol. The molecule has 1 aromatic heterocycles. The van der Waals surface area contributed by atoms with Gasteiger partial charge >= 0.3 is 0 Å². The summed E-state index contributed by atoms with van der Waals surface area (Å²) < 4.78 is 5.10. The van der Waals surface area contributed by atoms with Crippen molar-refractivity contribution in [2.45, 2.75) is 46.5 Å². The molecule has 0 atom stereocenters. The zero-order chi connectivity index (χ0) is 21.2. The molecule has 0 saturated carbocycles. The average Bonchev–Trinajstić information content (AvgIpc) is 3.02. The van der Waals surface area contributed by atoms with E-state index in [1.807, 2.05) is 38.1 Å². The minimum Gasteiger partial charge on any atom is -0.385 e. The molecule has 0 bridgehead atoms. The third-order valence-electron chi connectivity index (χ3n) is 4.69. The van der Waals surface area contributed by atoms with E-state index in [1.165, 1.54) is 16.9 Å². The molecule has 2 rings (SSSR count). The predicted molar refractivity (Wildman–Crippen MR) is 118 cm³/mol. The molecule has 1 heterocycles. The molecule has 0 aliphatic carbocycles. The van der Waals surface area contributed by atoms with Crippen LogP contribution >= 0.6 is 11.3 Å². The van der Waals surface area contributed by atoms with Crippen LogP contribution in [0.1, 0.15) is 52.7 Å². The van der Waals surface area contributed by atoms with Crippen molar-refractivity contribution >= 4 is 28.3 Å². The van der Waals surface area contributed by atoms with Gasteiger partial charge in [0, 0.05) is 30.7 Å². The lowest BCUT2D eigenvalue weighted by Gasteiger charge is -2.22. The second-order valence-electron chi connectivity index (χ2n) is 7.08.